The van der Waals surface area contributed by atoms with E-state index in [0.717, 1.165) is 11.3 Å². The minimum atomic E-state index is -3.88. The number of hydrogen-bond donors (Lipinski definition) is 1. The van der Waals surface area contributed by atoms with Crippen molar-refractivity contribution in [2.24, 2.45) is 5.14 Å². The van der Waals surface area contributed by atoms with Crippen LogP contribution in [0.3, 0.4) is 0 Å². The Bertz CT molecular complexity index is 1450. The smallest absolute Gasteiger partial charge is 0.225 e. The molecule has 0 aliphatic heterocycles. The average Bonchev–Trinajstić information content (AvgIpc) is 3.21. The van der Waals surface area contributed by atoms with Crippen LogP contribution in [-0.4, -0.2) is 21.8 Å². The van der Waals surface area contributed by atoms with Crippen molar-refractivity contribution in [3.63, 3.8) is 0 Å². The number of primary sulfonamides is 1. The van der Waals surface area contributed by atoms with Crippen LogP contribution in [0.4, 0.5) is 4.39 Å². The van der Waals surface area contributed by atoms with Crippen LogP contribution < -0.4 is 5.14 Å². The van der Waals surface area contributed by atoms with Gasteiger partial charge in [0.2, 0.25) is 24.2 Å². The van der Waals surface area contributed by atoms with Crippen LogP contribution >= 0.6 is 11.3 Å². The van der Waals surface area contributed by atoms with E-state index in [0.29, 0.717) is 21.7 Å². The standard InChI is InChI=1S/C21H15FN2O4S3/c22-16-10-6-14(7-11-16)19-20(15-8-12-18(13-9-15)31(23,27)28)29-21(24-19)30(25,26)17-4-2-1-3-5-17/h1-13H,(H2,23,27,28). The molecule has 0 radical (unpaired) electrons. The van der Waals surface area contributed by atoms with E-state index in [2.05, 4.69) is 4.98 Å². The SMILES string of the molecule is NS(=O)(=O)c1ccc(-c2sc(S(=O)(=O)c3ccccc3)nc2-c2ccc(F)cc2)cc1. The number of nitrogens with two attached hydrogens (primary N) is 1. The van der Waals surface area contributed by atoms with Crippen LogP contribution in [-0.2, 0) is 19.9 Å². The highest BCUT2D eigenvalue weighted by Crippen LogP contribution is 2.40. The quantitative estimate of drug-likeness (QED) is 0.469. The summed E-state index contributed by atoms with van der Waals surface area (Å²) in [6, 6.07) is 19.2. The lowest BCUT2D eigenvalue weighted by atomic mass is 10.1. The number of sulfonamides is 1. The Morgan fingerprint density at radius 2 is 1.32 bits per heavy atom. The van der Waals surface area contributed by atoms with Crippen molar-refractivity contribution in [1.29, 1.82) is 0 Å². The van der Waals surface area contributed by atoms with E-state index < -0.39 is 25.7 Å². The number of halogens is 1. The minimum absolute atomic E-state index is 0.0683. The van der Waals surface area contributed by atoms with Gasteiger partial charge in [-0.2, -0.15) is 0 Å². The van der Waals surface area contributed by atoms with Gasteiger partial charge in [0.25, 0.3) is 0 Å². The average molecular weight is 475 g/mol. The monoisotopic (exact) mass is 474 g/mol. The lowest BCUT2D eigenvalue weighted by Crippen LogP contribution is -2.11. The molecule has 0 fully saturated rings. The Balaban J connectivity index is 1.90. The summed E-state index contributed by atoms with van der Waals surface area (Å²) in [5, 5.41) is 5.15. The Labute approximate surface area is 182 Å². The number of sulfone groups is 1. The summed E-state index contributed by atoms with van der Waals surface area (Å²) >= 11 is 0.953. The summed E-state index contributed by atoms with van der Waals surface area (Å²) in [6.45, 7) is 0. The maximum atomic E-state index is 13.4. The molecular weight excluding hydrogens is 459 g/mol. The number of benzene rings is 3. The minimum Gasteiger partial charge on any atom is -0.225 e. The largest absolute Gasteiger partial charge is 0.238 e. The topological polar surface area (TPSA) is 107 Å². The van der Waals surface area contributed by atoms with Crippen molar-refractivity contribution in [2.45, 2.75) is 14.1 Å². The van der Waals surface area contributed by atoms with E-state index in [1.54, 1.807) is 18.2 Å². The highest BCUT2D eigenvalue weighted by Gasteiger charge is 2.26. The molecule has 0 bridgehead atoms. The Kier molecular flexibility index (Phi) is 5.48. The first kappa shape index (κ1) is 21.3. The number of hydrogen-bond acceptors (Lipinski definition) is 6. The first-order valence-electron chi connectivity index (χ1n) is 8.86. The van der Waals surface area contributed by atoms with Gasteiger partial charge in [0.15, 0.2) is 0 Å². The molecule has 0 saturated carbocycles. The predicted molar refractivity (Wildman–Crippen MR) is 116 cm³/mol. The van der Waals surface area contributed by atoms with E-state index in [4.69, 9.17) is 5.14 Å². The van der Waals surface area contributed by atoms with Crippen LogP contribution in [0, 0.1) is 5.82 Å². The van der Waals surface area contributed by atoms with Crippen molar-refractivity contribution in [3.8, 4) is 21.7 Å². The van der Waals surface area contributed by atoms with Crippen molar-refractivity contribution in [2.75, 3.05) is 0 Å². The van der Waals surface area contributed by atoms with Crippen molar-refractivity contribution in [1.82, 2.24) is 4.98 Å². The highest BCUT2D eigenvalue weighted by atomic mass is 32.2. The van der Waals surface area contributed by atoms with E-state index in [-0.39, 0.29) is 14.1 Å². The molecule has 1 heterocycles. The van der Waals surface area contributed by atoms with E-state index in [9.17, 15) is 21.2 Å². The zero-order chi connectivity index (χ0) is 22.2. The summed E-state index contributed by atoms with van der Waals surface area (Å²) in [5.41, 5.74) is 1.43. The second-order valence-electron chi connectivity index (χ2n) is 6.55. The lowest BCUT2D eigenvalue weighted by molar-refractivity contribution is 0.594. The zero-order valence-corrected chi connectivity index (χ0v) is 18.2. The van der Waals surface area contributed by atoms with E-state index in [1.807, 2.05) is 0 Å². The van der Waals surface area contributed by atoms with Crippen LogP contribution in [0.1, 0.15) is 0 Å². The van der Waals surface area contributed by atoms with Crippen molar-refractivity contribution < 1.29 is 21.2 Å². The van der Waals surface area contributed by atoms with Crippen molar-refractivity contribution >= 4 is 31.2 Å². The lowest BCUT2D eigenvalue weighted by Gasteiger charge is -2.04. The van der Waals surface area contributed by atoms with Gasteiger partial charge in [-0.15, -0.1) is 11.3 Å². The van der Waals surface area contributed by atoms with Crippen LogP contribution in [0.5, 0.6) is 0 Å². The normalized spacial score (nSPS) is 12.1. The van der Waals surface area contributed by atoms with Gasteiger partial charge < -0.3 is 0 Å². The second-order valence-corrected chi connectivity index (χ2v) is 11.2. The fourth-order valence-electron chi connectivity index (χ4n) is 2.91. The fourth-order valence-corrected chi connectivity index (χ4v) is 6.16. The molecule has 4 aromatic rings. The van der Waals surface area contributed by atoms with Gasteiger partial charge >= 0.3 is 0 Å². The zero-order valence-electron chi connectivity index (χ0n) is 15.8. The highest BCUT2D eigenvalue weighted by molar-refractivity contribution is 7.93. The Morgan fingerprint density at radius 1 is 0.742 bits per heavy atom. The first-order chi connectivity index (χ1) is 14.7. The maximum Gasteiger partial charge on any atom is 0.238 e. The molecule has 2 N–H and O–H groups in total. The third-order valence-corrected chi connectivity index (χ3v) is 8.63. The van der Waals surface area contributed by atoms with E-state index in [1.165, 1.54) is 60.7 Å². The predicted octanol–water partition coefficient (Wildman–Crippen LogP) is 4.10. The molecule has 158 valence electrons. The van der Waals surface area contributed by atoms with Gasteiger partial charge in [0.05, 0.1) is 20.4 Å². The van der Waals surface area contributed by atoms with Gasteiger partial charge in [-0.3, -0.25) is 0 Å². The fraction of sp³-hybridized carbons (Fsp3) is 0. The Hall–Kier alpha value is -2.92. The molecule has 6 nitrogen and oxygen atoms in total. The maximum absolute atomic E-state index is 13.4. The summed E-state index contributed by atoms with van der Waals surface area (Å²) < 4.78 is 62.6. The third-order valence-electron chi connectivity index (χ3n) is 4.45. The van der Waals surface area contributed by atoms with Gasteiger partial charge in [-0.1, -0.05) is 30.3 Å². The molecule has 31 heavy (non-hydrogen) atoms. The molecule has 0 spiro atoms. The molecule has 1 aromatic heterocycles. The molecule has 0 amide bonds. The molecule has 10 heteroatoms. The summed E-state index contributed by atoms with van der Waals surface area (Å²) in [7, 11) is -7.75. The second kappa shape index (κ2) is 7.97. The van der Waals surface area contributed by atoms with Crippen molar-refractivity contribution in [3.05, 3.63) is 84.7 Å². The molecule has 0 saturated heterocycles. The third kappa shape index (κ3) is 4.28. The van der Waals surface area contributed by atoms with Crippen LogP contribution in [0.2, 0.25) is 0 Å². The molecular formula is C21H15FN2O4S3. The number of aromatic nitrogens is 1. The summed E-state index contributed by atoms with van der Waals surface area (Å²) in [6.07, 6.45) is 0. The molecule has 0 atom stereocenters. The van der Waals surface area contributed by atoms with Crippen LogP contribution in [0.15, 0.2) is 93.0 Å². The summed E-state index contributed by atoms with van der Waals surface area (Å²) in [5.74, 6) is -0.435. The molecule has 0 unspecified atom stereocenters. The van der Waals surface area contributed by atoms with E-state index >= 15 is 0 Å². The summed E-state index contributed by atoms with van der Waals surface area (Å²) in [4.78, 5) is 4.91. The number of rotatable bonds is 5. The molecule has 0 aliphatic rings. The molecule has 3 aromatic carbocycles. The van der Waals surface area contributed by atoms with Gasteiger partial charge in [-0.25, -0.2) is 31.3 Å². The number of nitrogens with zero attached hydrogens (tertiary/aromatic N) is 1. The van der Waals surface area contributed by atoms with Gasteiger partial charge in [-0.05, 0) is 54.1 Å². The molecule has 0 aliphatic carbocycles. The molecule has 4 rings (SSSR count). The first-order valence-corrected chi connectivity index (χ1v) is 12.7. The number of thiazole rings is 1. The van der Waals surface area contributed by atoms with Gasteiger partial charge in [0.1, 0.15) is 5.82 Å². The Morgan fingerprint density at radius 3 is 1.90 bits per heavy atom. The van der Waals surface area contributed by atoms with Crippen LogP contribution in [0.25, 0.3) is 21.7 Å². The van der Waals surface area contributed by atoms with Gasteiger partial charge in [0, 0.05) is 5.56 Å².